The van der Waals surface area contributed by atoms with Crippen molar-refractivity contribution in [1.29, 1.82) is 0 Å². The fourth-order valence-corrected chi connectivity index (χ4v) is 2.33. The molecule has 0 aliphatic heterocycles. The van der Waals surface area contributed by atoms with Gasteiger partial charge in [0.05, 0.1) is 16.2 Å². The number of benzene rings is 2. The highest BCUT2D eigenvalue weighted by Gasteiger charge is 2.21. The molecule has 0 saturated heterocycles. The molecule has 2 aromatic carbocycles. The SMILES string of the molecule is O=C(OCC(Cl)=C(Cl)Cl)c1ccccc1C(=O)n1nc2ccccc2n1. The molecule has 0 aliphatic carbocycles. The van der Waals surface area contributed by atoms with Gasteiger partial charge in [-0.3, -0.25) is 4.79 Å². The molecule has 0 radical (unpaired) electrons. The Morgan fingerprint density at radius 2 is 1.42 bits per heavy atom. The molecule has 0 unspecified atom stereocenters. The van der Waals surface area contributed by atoms with E-state index in [1.807, 2.05) is 0 Å². The van der Waals surface area contributed by atoms with Crippen molar-refractivity contribution in [3.63, 3.8) is 0 Å². The fraction of sp³-hybridized carbons (Fsp3) is 0.0588. The third kappa shape index (κ3) is 3.88. The van der Waals surface area contributed by atoms with Crippen molar-refractivity contribution in [3.05, 3.63) is 69.2 Å². The molecule has 0 spiro atoms. The van der Waals surface area contributed by atoms with E-state index in [0.717, 1.165) is 4.80 Å². The predicted octanol–water partition coefficient (Wildman–Crippen LogP) is 4.16. The first-order chi connectivity index (χ1) is 12.5. The largest absolute Gasteiger partial charge is 0.456 e. The average Bonchev–Trinajstić information content (AvgIpc) is 3.09. The summed E-state index contributed by atoms with van der Waals surface area (Å²) in [6.07, 6.45) is 0. The van der Waals surface area contributed by atoms with Crippen LogP contribution in [0.2, 0.25) is 0 Å². The second kappa shape index (κ2) is 7.86. The molecule has 0 fully saturated rings. The van der Waals surface area contributed by atoms with E-state index in [1.54, 1.807) is 36.4 Å². The first kappa shape index (κ1) is 18.4. The molecule has 1 heterocycles. The monoisotopic (exact) mass is 409 g/mol. The fourth-order valence-electron chi connectivity index (χ4n) is 2.17. The Balaban J connectivity index is 1.90. The summed E-state index contributed by atoms with van der Waals surface area (Å²) in [5.74, 6) is -1.32. The van der Waals surface area contributed by atoms with Crippen LogP contribution in [0.25, 0.3) is 11.0 Å². The Labute approximate surface area is 162 Å². The Morgan fingerprint density at radius 1 is 0.885 bits per heavy atom. The normalized spacial score (nSPS) is 10.6. The molecule has 6 nitrogen and oxygen atoms in total. The van der Waals surface area contributed by atoms with E-state index in [1.165, 1.54) is 12.1 Å². The second-order valence-electron chi connectivity index (χ2n) is 5.07. The second-order valence-corrected chi connectivity index (χ2v) is 6.48. The third-order valence-electron chi connectivity index (χ3n) is 3.38. The number of halogens is 3. The van der Waals surface area contributed by atoms with Crippen LogP contribution in [0.3, 0.4) is 0 Å². The molecule has 0 amide bonds. The van der Waals surface area contributed by atoms with Crippen molar-refractivity contribution in [1.82, 2.24) is 15.0 Å². The van der Waals surface area contributed by atoms with Crippen LogP contribution in [0.15, 0.2) is 58.1 Å². The first-order valence-corrected chi connectivity index (χ1v) is 8.43. The molecular formula is C17H10Cl3N3O3. The van der Waals surface area contributed by atoms with Gasteiger partial charge in [0.15, 0.2) is 0 Å². The van der Waals surface area contributed by atoms with Crippen molar-refractivity contribution < 1.29 is 14.3 Å². The lowest BCUT2D eigenvalue weighted by Gasteiger charge is -2.08. The standard InChI is InChI=1S/C17H10Cl3N3O3/c18-12(15(19)20)9-26-17(25)11-6-2-1-5-10(11)16(24)23-21-13-7-3-4-8-14(13)22-23/h1-8H,9H2. The zero-order valence-corrected chi connectivity index (χ0v) is 15.3. The number of aromatic nitrogens is 3. The summed E-state index contributed by atoms with van der Waals surface area (Å²) in [4.78, 5) is 26.0. The van der Waals surface area contributed by atoms with Crippen molar-refractivity contribution in [3.8, 4) is 0 Å². The molecule has 0 aliphatic rings. The maximum atomic E-state index is 12.7. The van der Waals surface area contributed by atoms with Crippen LogP contribution in [0, 0.1) is 0 Å². The van der Waals surface area contributed by atoms with Crippen LogP contribution in [0.5, 0.6) is 0 Å². The predicted molar refractivity (Wildman–Crippen MR) is 98.6 cm³/mol. The summed E-state index contributed by atoms with van der Waals surface area (Å²) in [5, 5.41) is 8.23. The number of hydrogen-bond donors (Lipinski definition) is 0. The van der Waals surface area contributed by atoms with Gasteiger partial charge in [-0.15, -0.1) is 15.0 Å². The summed E-state index contributed by atoms with van der Waals surface area (Å²) in [7, 11) is 0. The van der Waals surface area contributed by atoms with E-state index < -0.39 is 11.9 Å². The summed E-state index contributed by atoms with van der Waals surface area (Å²) in [6.45, 7) is -0.310. The number of ether oxygens (including phenoxy) is 1. The highest BCUT2D eigenvalue weighted by atomic mass is 35.5. The van der Waals surface area contributed by atoms with Crippen molar-refractivity contribution in [2.75, 3.05) is 6.61 Å². The lowest BCUT2D eigenvalue weighted by atomic mass is 10.1. The molecule has 26 heavy (non-hydrogen) atoms. The number of carbonyl (C=O) groups is 2. The molecule has 0 saturated carbocycles. The van der Waals surface area contributed by atoms with Gasteiger partial charge in [-0.1, -0.05) is 59.1 Å². The van der Waals surface area contributed by atoms with Gasteiger partial charge in [0.25, 0.3) is 5.91 Å². The molecule has 3 aromatic rings. The number of rotatable bonds is 4. The summed E-state index contributed by atoms with van der Waals surface area (Å²) in [6, 6.07) is 13.2. The number of fused-ring (bicyclic) bond motifs is 1. The zero-order valence-electron chi connectivity index (χ0n) is 13.0. The molecule has 1 aromatic heterocycles. The van der Waals surface area contributed by atoms with Crippen molar-refractivity contribution in [2.45, 2.75) is 0 Å². The summed E-state index contributed by atoms with van der Waals surface area (Å²) >= 11 is 16.8. The van der Waals surface area contributed by atoms with E-state index in [9.17, 15) is 9.59 Å². The smallest absolute Gasteiger partial charge is 0.339 e. The van der Waals surface area contributed by atoms with Crippen LogP contribution in [-0.4, -0.2) is 33.5 Å². The minimum absolute atomic E-state index is 0.0227. The Bertz CT molecular complexity index is 993. The number of nitrogens with zero attached hydrogens (tertiary/aromatic N) is 3. The maximum absolute atomic E-state index is 12.7. The van der Waals surface area contributed by atoms with Gasteiger partial charge in [0.2, 0.25) is 0 Å². The summed E-state index contributed by atoms with van der Waals surface area (Å²) < 4.78 is 4.84. The third-order valence-corrected chi connectivity index (χ3v) is 4.33. The Hall–Kier alpha value is -2.41. The highest BCUT2D eigenvalue weighted by Crippen LogP contribution is 2.19. The van der Waals surface area contributed by atoms with Crippen LogP contribution in [0.4, 0.5) is 0 Å². The van der Waals surface area contributed by atoms with Crippen LogP contribution in [0.1, 0.15) is 20.7 Å². The maximum Gasteiger partial charge on any atom is 0.339 e. The van der Waals surface area contributed by atoms with Crippen LogP contribution < -0.4 is 0 Å². The van der Waals surface area contributed by atoms with Crippen LogP contribution >= 0.6 is 34.8 Å². The van der Waals surface area contributed by atoms with Crippen molar-refractivity contribution in [2.24, 2.45) is 0 Å². The zero-order chi connectivity index (χ0) is 18.7. The molecule has 132 valence electrons. The van der Waals surface area contributed by atoms with E-state index >= 15 is 0 Å². The van der Waals surface area contributed by atoms with Gasteiger partial charge in [-0.2, -0.15) is 0 Å². The molecule has 0 atom stereocenters. The number of carbonyl (C=O) groups excluding carboxylic acids is 2. The lowest BCUT2D eigenvalue weighted by molar-refractivity contribution is 0.0541. The average molecular weight is 411 g/mol. The molecule has 3 rings (SSSR count). The molecular weight excluding hydrogens is 401 g/mol. The van der Waals surface area contributed by atoms with E-state index in [0.29, 0.717) is 11.0 Å². The van der Waals surface area contributed by atoms with Gasteiger partial charge >= 0.3 is 5.97 Å². The number of esters is 1. The van der Waals surface area contributed by atoms with Gasteiger partial charge in [-0.05, 0) is 24.3 Å². The summed E-state index contributed by atoms with van der Waals surface area (Å²) in [5.41, 5.74) is 1.27. The quantitative estimate of drug-likeness (QED) is 0.604. The Kier molecular flexibility index (Phi) is 5.56. The van der Waals surface area contributed by atoms with Crippen LogP contribution in [-0.2, 0) is 4.74 Å². The van der Waals surface area contributed by atoms with Gasteiger partial charge in [-0.25, -0.2) is 4.79 Å². The minimum atomic E-state index is -0.751. The molecule has 0 bridgehead atoms. The topological polar surface area (TPSA) is 74.1 Å². The van der Waals surface area contributed by atoms with E-state index in [-0.39, 0.29) is 27.3 Å². The highest BCUT2D eigenvalue weighted by molar-refractivity contribution is 6.59. The molecule has 9 heteroatoms. The van der Waals surface area contributed by atoms with Gasteiger partial charge in [0, 0.05) is 0 Å². The van der Waals surface area contributed by atoms with Gasteiger partial charge in [0.1, 0.15) is 22.1 Å². The van der Waals surface area contributed by atoms with Gasteiger partial charge < -0.3 is 4.74 Å². The van der Waals surface area contributed by atoms with E-state index in [4.69, 9.17) is 39.5 Å². The first-order valence-electron chi connectivity index (χ1n) is 7.30. The molecule has 0 N–H and O–H groups in total. The Morgan fingerprint density at radius 3 is 2.00 bits per heavy atom. The minimum Gasteiger partial charge on any atom is -0.456 e. The number of hydrogen-bond acceptors (Lipinski definition) is 5. The lowest BCUT2D eigenvalue weighted by Crippen LogP contribution is -2.20. The van der Waals surface area contributed by atoms with Crippen molar-refractivity contribution >= 4 is 57.7 Å². The van der Waals surface area contributed by atoms with E-state index in [2.05, 4.69) is 10.2 Å².